The first kappa shape index (κ1) is 14.1. The minimum Gasteiger partial charge on any atom is -0.505 e. The Morgan fingerprint density at radius 2 is 2.23 bits per heavy atom. The summed E-state index contributed by atoms with van der Waals surface area (Å²) in [6, 6.07) is 1.97. The Labute approximate surface area is 124 Å². The van der Waals surface area contributed by atoms with Crippen molar-refractivity contribution in [1.29, 1.82) is 5.26 Å². The maximum Gasteiger partial charge on any atom is 0.241 e. The zero-order valence-corrected chi connectivity index (χ0v) is 11.6. The third-order valence-electron chi connectivity index (χ3n) is 3.42. The van der Waals surface area contributed by atoms with Crippen molar-refractivity contribution in [2.45, 2.75) is 19.1 Å². The first-order valence-corrected chi connectivity index (χ1v) is 6.42. The predicted molar refractivity (Wildman–Crippen MR) is 75.2 cm³/mol. The number of anilines is 1. The number of nitrogens with two attached hydrogens (primary N) is 1. The molecular weight excluding hydrogens is 290 g/mol. The van der Waals surface area contributed by atoms with Gasteiger partial charge in [0.2, 0.25) is 5.88 Å². The van der Waals surface area contributed by atoms with Crippen LogP contribution in [-0.2, 0) is 4.74 Å². The molecule has 3 rings (SSSR count). The van der Waals surface area contributed by atoms with Crippen LogP contribution in [0.15, 0.2) is 12.0 Å². The summed E-state index contributed by atoms with van der Waals surface area (Å²) < 4.78 is 6.66. The Bertz CT molecular complexity index is 835. The van der Waals surface area contributed by atoms with E-state index in [-0.39, 0.29) is 22.9 Å². The van der Waals surface area contributed by atoms with Gasteiger partial charge in [0, 0.05) is 6.20 Å². The molecule has 0 saturated carbocycles. The van der Waals surface area contributed by atoms with Gasteiger partial charge in [-0.1, -0.05) is 0 Å². The maximum absolute atomic E-state index is 10.0. The van der Waals surface area contributed by atoms with Crippen LogP contribution in [0.4, 0.5) is 5.82 Å². The van der Waals surface area contributed by atoms with E-state index in [0.717, 1.165) is 0 Å². The molecule has 0 aromatic carbocycles. The number of aliphatic hydroxyl groups excluding tert-OH is 3. The Hall–Kier alpha value is -2.83. The summed E-state index contributed by atoms with van der Waals surface area (Å²) in [6.45, 7) is 1.16. The van der Waals surface area contributed by atoms with E-state index < -0.39 is 24.6 Å². The SMILES string of the molecule is Cc1nc(N)c2c(C#N)cn(C3=C(O)[C@H](O)[C@@H](CO)O3)c2n1. The average Bonchev–Trinajstić information content (AvgIpc) is 2.98. The maximum atomic E-state index is 10.0. The van der Waals surface area contributed by atoms with Crippen molar-refractivity contribution in [2.75, 3.05) is 12.3 Å². The van der Waals surface area contributed by atoms with Crippen molar-refractivity contribution in [3.05, 3.63) is 23.3 Å². The van der Waals surface area contributed by atoms with Gasteiger partial charge in [-0.2, -0.15) is 5.26 Å². The fourth-order valence-corrected chi connectivity index (χ4v) is 2.39. The number of rotatable bonds is 2. The number of aryl methyl sites for hydroxylation is 1. The summed E-state index contributed by atoms with van der Waals surface area (Å²) in [4.78, 5) is 8.22. The lowest BCUT2D eigenvalue weighted by molar-refractivity contribution is 0.0140. The second-order valence-corrected chi connectivity index (χ2v) is 4.85. The number of hydrogen-bond acceptors (Lipinski definition) is 8. The molecule has 22 heavy (non-hydrogen) atoms. The smallest absolute Gasteiger partial charge is 0.241 e. The van der Waals surface area contributed by atoms with Crippen molar-refractivity contribution >= 4 is 22.7 Å². The van der Waals surface area contributed by atoms with E-state index in [9.17, 15) is 15.5 Å². The number of nitrogen functional groups attached to an aromatic ring is 1. The molecule has 0 unspecified atom stereocenters. The largest absolute Gasteiger partial charge is 0.505 e. The minimum absolute atomic E-state index is 0.101. The second-order valence-electron chi connectivity index (χ2n) is 4.85. The van der Waals surface area contributed by atoms with E-state index in [0.29, 0.717) is 11.2 Å². The van der Waals surface area contributed by atoms with E-state index in [1.165, 1.54) is 10.8 Å². The second kappa shape index (κ2) is 4.87. The van der Waals surface area contributed by atoms with Crippen LogP contribution in [0.3, 0.4) is 0 Å². The van der Waals surface area contributed by atoms with Crippen LogP contribution >= 0.6 is 0 Å². The van der Waals surface area contributed by atoms with Crippen molar-refractivity contribution in [2.24, 2.45) is 0 Å². The first-order valence-electron chi connectivity index (χ1n) is 6.42. The normalized spacial score (nSPS) is 21.2. The molecule has 9 nitrogen and oxygen atoms in total. The van der Waals surface area contributed by atoms with Gasteiger partial charge in [-0.3, -0.25) is 4.57 Å². The minimum atomic E-state index is -1.36. The van der Waals surface area contributed by atoms with Crippen LogP contribution in [0, 0.1) is 18.3 Å². The molecule has 2 aromatic heterocycles. The molecule has 0 fully saturated rings. The van der Waals surface area contributed by atoms with Crippen molar-refractivity contribution in [1.82, 2.24) is 14.5 Å². The lowest BCUT2D eigenvalue weighted by atomic mass is 10.2. The van der Waals surface area contributed by atoms with E-state index >= 15 is 0 Å². The summed E-state index contributed by atoms with van der Waals surface area (Å²) in [5.41, 5.74) is 6.32. The van der Waals surface area contributed by atoms with E-state index in [2.05, 4.69) is 9.97 Å². The monoisotopic (exact) mass is 303 g/mol. The summed E-state index contributed by atoms with van der Waals surface area (Å²) in [5, 5.41) is 38.5. The standard InChI is InChI=1S/C13H13N5O4/c1-5-16-11(15)8-6(2-14)3-18(12(8)17-5)13-10(21)9(20)7(4-19)22-13/h3,7,9,19-21H,4H2,1H3,(H2,15,16,17)/t7-,9-/m1/s1. The number of ether oxygens (including phenoxy) is 1. The Balaban J connectivity index is 2.27. The van der Waals surface area contributed by atoms with Gasteiger partial charge >= 0.3 is 0 Å². The fourth-order valence-electron chi connectivity index (χ4n) is 2.39. The van der Waals surface area contributed by atoms with Gasteiger partial charge < -0.3 is 25.8 Å². The summed E-state index contributed by atoms with van der Waals surface area (Å²) >= 11 is 0. The Morgan fingerprint density at radius 3 is 2.82 bits per heavy atom. The Kier molecular flexibility index (Phi) is 3.13. The molecule has 2 aromatic rings. The molecule has 5 N–H and O–H groups in total. The van der Waals surface area contributed by atoms with Crippen LogP contribution in [0.1, 0.15) is 11.4 Å². The van der Waals surface area contributed by atoms with E-state index in [1.54, 1.807) is 6.92 Å². The third kappa shape index (κ3) is 1.86. The summed E-state index contributed by atoms with van der Waals surface area (Å²) in [6.07, 6.45) is -0.964. The lowest BCUT2D eigenvalue weighted by Crippen LogP contribution is -2.27. The molecule has 9 heteroatoms. The number of aliphatic hydroxyl groups is 3. The Morgan fingerprint density at radius 1 is 1.50 bits per heavy atom. The number of nitrogens with zero attached hydrogens (tertiary/aromatic N) is 4. The highest BCUT2D eigenvalue weighted by atomic mass is 16.5. The summed E-state index contributed by atoms with van der Waals surface area (Å²) in [5.74, 6) is -0.0350. The van der Waals surface area contributed by atoms with Gasteiger partial charge in [-0.25, -0.2) is 9.97 Å². The lowest BCUT2D eigenvalue weighted by Gasteiger charge is -2.12. The molecular formula is C13H13N5O4. The molecule has 0 radical (unpaired) electrons. The molecule has 0 aliphatic carbocycles. The number of nitriles is 1. The number of fused-ring (bicyclic) bond motifs is 1. The highest BCUT2D eigenvalue weighted by molar-refractivity contribution is 5.93. The fraction of sp³-hybridized carbons (Fsp3) is 0.308. The van der Waals surface area contributed by atoms with Crippen molar-refractivity contribution in [3.8, 4) is 6.07 Å². The van der Waals surface area contributed by atoms with Crippen LogP contribution in [0.2, 0.25) is 0 Å². The highest BCUT2D eigenvalue weighted by Crippen LogP contribution is 2.32. The quantitative estimate of drug-likeness (QED) is 0.586. The van der Waals surface area contributed by atoms with Crippen LogP contribution in [0.25, 0.3) is 16.9 Å². The molecule has 0 spiro atoms. The van der Waals surface area contributed by atoms with Gasteiger partial charge in [-0.15, -0.1) is 0 Å². The zero-order valence-electron chi connectivity index (χ0n) is 11.6. The van der Waals surface area contributed by atoms with E-state index in [4.69, 9.17) is 15.6 Å². The first-order chi connectivity index (χ1) is 10.5. The molecule has 2 atom stereocenters. The molecule has 0 amide bonds. The highest BCUT2D eigenvalue weighted by Gasteiger charge is 2.37. The number of hydrogen-bond donors (Lipinski definition) is 4. The van der Waals surface area contributed by atoms with Crippen LogP contribution in [-0.4, -0.2) is 48.7 Å². The van der Waals surface area contributed by atoms with Gasteiger partial charge in [-0.05, 0) is 6.92 Å². The number of aromatic nitrogens is 3. The van der Waals surface area contributed by atoms with E-state index in [1.807, 2.05) is 6.07 Å². The topological polar surface area (TPSA) is 150 Å². The summed E-state index contributed by atoms with van der Waals surface area (Å²) in [7, 11) is 0. The van der Waals surface area contributed by atoms with Gasteiger partial charge in [0.05, 0.1) is 17.6 Å². The molecule has 3 heterocycles. The van der Waals surface area contributed by atoms with Crippen LogP contribution < -0.4 is 5.73 Å². The zero-order chi connectivity index (χ0) is 16.0. The van der Waals surface area contributed by atoms with Crippen LogP contribution in [0.5, 0.6) is 0 Å². The van der Waals surface area contributed by atoms with Crippen molar-refractivity contribution < 1.29 is 20.1 Å². The molecule has 114 valence electrons. The van der Waals surface area contributed by atoms with Gasteiger partial charge in [0.15, 0.2) is 23.6 Å². The van der Waals surface area contributed by atoms with Gasteiger partial charge in [0.1, 0.15) is 17.7 Å². The van der Waals surface area contributed by atoms with Gasteiger partial charge in [0.25, 0.3) is 0 Å². The molecule has 0 saturated heterocycles. The average molecular weight is 303 g/mol. The predicted octanol–water partition coefficient (Wildman–Crippen LogP) is -0.370. The molecule has 1 aliphatic rings. The molecule has 0 bridgehead atoms. The molecule has 1 aliphatic heterocycles. The van der Waals surface area contributed by atoms with Crippen molar-refractivity contribution in [3.63, 3.8) is 0 Å². The third-order valence-corrected chi connectivity index (χ3v) is 3.42.